The third-order valence-electron chi connectivity index (χ3n) is 2.30. The van der Waals surface area contributed by atoms with Crippen LogP contribution in [0.2, 0.25) is 5.02 Å². The normalized spacial score (nSPS) is 12.8. The standard InChI is InChI=1S/C12H18ClNO2/c1-9-3-4-10(5-12(9)13)6-14-7-11(15)8-16-2/h3-5,11,14-15H,6-8H2,1-2H3. The summed E-state index contributed by atoms with van der Waals surface area (Å²) in [5.74, 6) is 0. The number of ether oxygens (including phenoxy) is 1. The third-order valence-corrected chi connectivity index (χ3v) is 2.71. The monoisotopic (exact) mass is 243 g/mol. The Bertz CT molecular complexity index is 331. The molecule has 0 aromatic heterocycles. The SMILES string of the molecule is COCC(O)CNCc1ccc(C)c(Cl)c1. The average molecular weight is 244 g/mol. The first kappa shape index (κ1) is 13.5. The van der Waals surface area contributed by atoms with Crippen LogP contribution in [0, 0.1) is 6.92 Å². The summed E-state index contributed by atoms with van der Waals surface area (Å²) in [5, 5.41) is 13.3. The van der Waals surface area contributed by atoms with Crippen LogP contribution in [0.5, 0.6) is 0 Å². The zero-order chi connectivity index (χ0) is 12.0. The Labute approximate surface area is 101 Å². The lowest BCUT2D eigenvalue weighted by atomic mass is 10.1. The molecule has 0 radical (unpaired) electrons. The van der Waals surface area contributed by atoms with E-state index in [9.17, 15) is 5.11 Å². The zero-order valence-corrected chi connectivity index (χ0v) is 10.4. The van der Waals surface area contributed by atoms with Gasteiger partial charge in [-0.05, 0) is 24.1 Å². The maximum absolute atomic E-state index is 9.41. The largest absolute Gasteiger partial charge is 0.389 e. The van der Waals surface area contributed by atoms with Gasteiger partial charge in [0.25, 0.3) is 0 Å². The molecule has 1 rings (SSSR count). The summed E-state index contributed by atoms with van der Waals surface area (Å²) >= 11 is 6.01. The number of halogens is 1. The highest BCUT2D eigenvalue weighted by Gasteiger charge is 2.03. The van der Waals surface area contributed by atoms with Crippen molar-refractivity contribution in [3.05, 3.63) is 34.3 Å². The molecule has 1 aromatic rings. The van der Waals surface area contributed by atoms with Crippen molar-refractivity contribution in [1.29, 1.82) is 0 Å². The van der Waals surface area contributed by atoms with Gasteiger partial charge in [0, 0.05) is 25.2 Å². The van der Waals surface area contributed by atoms with E-state index >= 15 is 0 Å². The van der Waals surface area contributed by atoms with Gasteiger partial charge in [0.05, 0.1) is 12.7 Å². The molecule has 0 saturated carbocycles. The number of hydrogen-bond donors (Lipinski definition) is 2. The molecule has 0 aliphatic heterocycles. The summed E-state index contributed by atoms with van der Waals surface area (Å²) in [4.78, 5) is 0. The van der Waals surface area contributed by atoms with Gasteiger partial charge >= 0.3 is 0 Å². The first-order valence-corrected chi connectivity index (χ1v) is 5.64. The molecule has 0 amide bonds. The molecule has 0 aliphatic carbocycles. The Morgan fingerprint density at radius 3 is 2.88 bits per heavy atom. The van der Waals surface area contributed by atoms with Crippen LogP contribution in [0.4, 0.5) is 0 Å². The minimum atomic E-state index is -0.467. The molecular weight excluding hydrogens is 226 g/mol. The maximum atomic E-state index is 9.41. The molecule has 2 N–H and O–H groups in total. The van der Waals surface area contributed by atoms with Gasteiger partial charge in [-0.3, -0.25) is 0 Å². The lowest BCUT2D eigenvalue weighted by Gasteiger charge is -2.11. The zero-order valence-electron chi connectivity index (χ0n) is 9.66. The first-order chi connectivity index (χ1) is 7.63. The Kier molecular flexibility index (Phi) is 5.77. The van der Waals surface area contributed by atoms with Crippen molar-refractivity contribution in [3.63, 3.8) is 0 Å². The average Bonchev–Trinajstić information content (AvgIpc) is 2.24. The van der Waals surface area contributed by atoms with Crippen molar-refractivity contribution in [2.45, 2.75) is 19.6 Å². The van der Waals surface area contributed by atoms with Gasteiger partial charge in [0.2, 0.25) is 0 Å². The van der Waals surface area contributed by atoms with Crippen molar-refractivity contribution >= 4 is 11.6 Å². The molecule has 16 heavy (non-hydrogen) atoms. The summed E-state index contributed by atoms with van der Waals surface area (Å²) in [6.07, 6.45) is -0.467. The van der Waals surface area contributed by atoms with E-state index in [0.29, 0.717) is 19.7 Å². The van der Waals surface area contributed by atoms with Crippen molar-refractivity contribution < 1.29 is 9.84 Å². The molecule has 1 atom stereocenters. The second kappa shape index (κ2) is 6.86. The molecule has 0 spiro atoms. The Balaban J connectivity index is 2.34. The number of aliphatic hydroxyl groups excluding tert-OH is 1. The smallest absolute Gasteiger partial charge is 0.0897 e. The van der Waals surface area contributed by atoms with Crippen molar-refractivity contribution in [1.82, 2.24) is 5.32 Å². The number of benzene rings is 1. The van der Waals surface area contributed by atoms with Gasteiger partial charge in [-0.2, -0.15) is 0 Å². The van der Waals surface area contributed by atoms with Gasteiger partial charge in [0.15, 0.2) is 0 Å². The molecule has 90 valence electrons. The van der Waals surface area contributed by atoms with Crippen LogP contribution < -0.4 is 5.32 Å². The number of aliphatic hydroxyl groups is 1. The highest BCUT2D eigenvalue weighted by molar-refractivity contribution is 6.31. The molecule has 1 aromatic carbocycles. The maximum Gasteiger partial charge on any atom is 0.0897 e. The fourth-order valence-electron chi connectivity index (χ4n) is 1.38. The quantitative estimate of drug-likeness (QED) is 0.800. The molecule has 0 bridgehead atoms. The molecule has 3 nitrogen and oxygen atoms in total. The van der Waals surface area contributed by atoms with Crippen molar-refractivity contribution in [2.24, 2.45) is 0 Å². The third kappa shape index (κ3) is 4.49. The molecule has 0 aliphatic rings. The van der Waals surface area contributed by atoms with E-state index in [0.717, 1.165) is 16.1 Å². The Morgan fingerprint density at radius 1 is 1.50 bits per heavy atom. The highest BCUT2D eigenvalue weighted by atomic mass is 35.5. The van der Waals surface area contributed by atoms with E-state index in [4.69, 9.17) is 16.3 Å². The second-order valence-corrected chi connectivity index (χ2v) is 4.23. The molecule has 0 heterocycles. The fourth-order valence-corrected chi connectivity index (χ4v) is 1.58. The van der Waals surface area contributed by atoms with Crippen LogP contribution in [-0.2, 0) is 11.3 Å². The minimum absolute atomic E-state index is 0.349. The van der Waals surface area contributed by atoms with Gasteiger partial charge in [-0.1, -0.05) is 23.7 Å². The fraction of sp³-hybridized carbons (Fsp3) is 0.500. The molecule has 0 saturated heterocycles. The predicted molar refractivity (Wildman–Crippen MR) is 65.8 cm³/mol. The van der Waals surface area contributed by atoms with E-state index in [1.807, 2.05) is 25.1 Å². The summed E-state index contributed by atoms with van der Waals surface area (Å²) in [6, 6.07) is 5.95. The summed E-state index contributed by atoms with van der Waals surface area (Å²) in [6.45, 7) is 3.53. The predicted octanol–water partition coefficient (Wildman–Crippen LogP) is 1.75. The Morgan fingerprint density at radius 2 is 2.25 bits per heavy atom. The van der Waals surface area contributed by atoms with Gasteiger partial charge in [-0.25, -0.2) is 0 Å². The summed E-state index contributed by atoms with van der Waals surface area (Å²) in [7, 11) is 1.57. The molecular formula is C12H18ClNO2. The number of nitrogens with one attached hydrogen (secondary N) is 1. The molecule has 1 unspecified atom stereocenters. The Hall–Kier alpha value is -0.610. The number of aryl methyl sites for hydroxylation is 1. The molecule has 0 fully saturated rings. The van der Waals surface area contributed by atoms with E-state index < -0.39 is 6.10 Å². The highest BCUT2D eigenvalue weighted by Crippen LogP contribution is 2.16. The van der Waals surface area contributed by atoms with Gasteiger partial charge in [0.1, 0.15) is 0 Å². The van der Waals surface area contributed by atoms with Crippen LogP contribution in [0.1, 0.15) is 11.1 Å². The van der Waals surface area contributed by atoms with E-state index in [1.165, 1.54) is 0 Å². The minimum Gasteiger partial charge on any atom is -0.389 e. The van der Waals surface area contributed by atoms with Crippen LogP contribution in [-0.4, -0.2) is 31.5 Å². The number of methoxy groups -OCH3 is 1. The van der Waals surface area contributed by atoms with Gasteiger partial charge < -0.3 is 15.2 Å². The van der Waals surface area contributed by atoms with E-state index in [2.05, 4.69) is 5.32 Å². The van der Waals surface area contributed by atoms with Gasteiger partial charge in [-0.15, -0.1) is 0 Å². The molecule has 4 heteroatoms. The number of hydrogen-bond acceptors (Lipinski definition) is 3. The van der Waals surface area contributed by atoms with Crippen LogP contribution in [0.25, 0.3) is 0 Å². The lowest BCUT2D eigenvalue weighted by molar-refractivity contribution is 0.0644. The summed E-state index contributed by atoms with van der Waals surface area (Å²) in [5.41, 5.74) is 2.19. The van der Waals surface area contributed by atoms with Crippen molar-refractivity contribution in [2.75, 3.05) is 20.3 Å². The number of rotatable bonds is 6. The van der Waals surface area contributed by atoms with E-state index in [-0.39, 0.29) is 0 Å². The topological polar surface area (TPSA) is 41.5 Å². The lowest BCUT2D eigenvalue weighted by Crippen LogP contribution is -2.29. The summed E-state index contributed by atoms with van der Waals surface area (Å²) < 4.78 is 4.83. The second-order valence-electron chi connectivity index (χ2n) is 3.82. The van der Waals surface area contributed by atoms with Crippen LogP contribution in [0.3, 0.4) is 0 Å². The van der Waals surface area contributed by atoms with Crippen molar-refractivity contribution in [3.8, 4) is 0 Å². The van der Waals surface area contributed by atoms with Crippen LogP contribution >= 0.6 is 11.6 Å². The van der Waals surface area contributed by atoms with Crippen LogP contribution in [0.15, 0.2) is 18.2 Å². The first-order valence-electron chi connectivity index (χ1n) is 5.26. The van der Waals surface area contributed by atoms with E-state index in [1.54, 1.807) is 7.11 Å².